The molecule has 1 saturated heterocycles. The van der Waals surface area contributed by atoms with Gasteiger partial charge >= 0.3 is 0 Å². The van der Waals surface area contributed by atoms with Crippen LogP contribution in [0.1, 0.15) is 39.6 Å². The zero-order valence-corrected chi connectivity index (χ0v) is 16.8. The number of rotatable bonds is 4. The second kappa shape index (κ2) is 7.44. The van der Waals surface area contributed by atoms with Gasteiger partial charge in [0, 0.05) is 44.0 Å². The third-order valence-electron chi connectivity index (χ3n) is 5.77. The number of methoxy groups -OCH3 is 1. The zero-order valence-electron chi connectivity index (χ0n) is 16.8. The van der Waals surface area contributed by atoms with Crippen molar-refractivity contribution in [2.24, 2.45) is 0 Å². The number of imidazole rings is 1. The SMILES string of the molecule is COc1cccc(C(=O)N2CCN(C(=O)c3cnc4c(c3)ncn4C3CC3)CC2)c1. The number of carbonyl (C=O) groups is 2. The molecule has 5 rings (SSSR count). The van der Waals surface area contributed by atoms with Crippen molar-refractivity contribution in [2.45, 2.75) is 18.9 Å². The monoisotopic (exact) mass is 405 g/mol. The predicted molar refractivity (Wildman–Crippen MR) is 111 cm³/mol. The Morgan fingerprint density at radius 3 is 2.33 bits per heavy atom. The highest BCUT2D eigenvalue weighted by Gasteiger charge is 2.28. The summed E-state index contributed by atoms with van der Waals surface area (Å²) in [4.78, 5) is 38.2. The first kappa shape index (κ1) is 18.6. The van der Waals surface area contributed by atoms with Gasteiger partial charge in [0.15, 0.2) is 5.65 Å². The van der Waals surface area contributed by atoms with Gasteiger partial charge in [0.25, 0.3) is 11.8 Å². The zero-order chi connectivity index (χ0) is 20.7. The highest BCUT2D eigenvalue weighted by molar-refractivity contribution is 5.97. The number of aromatic nitrogens is 3. The summed E-state index contributed by atoms with van der Waals surface area (Å²) in [5.74, 6) is 0.537. The lowest BCUT2D eigenvalue weighted by molar-refractivity contribution is 0.0535. The number of pyridine rings is 1. The van der Waals surface area contributed by atoms with Crippen LogP contribution in [0, 0.1) is 0 Å². The van der Waals surface area contributed by atoms with Crippen LogP contribution in [0.15, 0.2) is 42.9 Å². The van der Waals surface area contributed by atoms with Crippen molar-refractivity contribution in [2.75, 3.05) is 33.3 Å². The third-order valence-corrected chi connectivity index (χ3v) is 5.77. The number of carbonyl (C=O) groups excluding carboxylic acids is 2. The van der Waals surface area contributed by atoms with Gasteiger partial charge in [-0.25, -0.2) is 9.97 Å². The van der Waals surface area contributed by atoms with Crippen molar-refractivity contribution in [3.8, 4) is 5.75 Å². The summed E-state index contributed by atoms with van der Waals surface area (Å²) in [5, 5.41) is 0. The molecule has 1 saturated carbocycles. The van der Waals surface area contributed by atoms with E-state index in [1.807, 2.05) is 18.5 Å². The maximum Gasteiger partial charge on any atom is 0.255 e. The van der Waals surface area contributed by atoms with Gasteiger partial charge in [-0.15, -0.1) is 0 Å². The molecule has 3 aromatic rings. The van der Waals surface area contributed by atoms with Gasteiger partial charge < -0.3 is 19.1 Å². The van der Waals surface area contributed by atoms with Gasteiger partial charge in [-0.3, -0.25) is 9.59 Å². The van der Waals surface area contributed by atoms with Gasteiger partial charge in [-0.2, -0.15) is 0 Å². The first-order valence-corrected chi connectivity index (χ1v) is 10.2. The second-order valence-corrected chi connectivity index (χ2v) is 7.77. The van der Waals surface area contributed by atoms with E-state index in [-0.39, 0.29) is 11.8 Å². The van der Waals surface area contributed by atoms with Crippen LogP contribution < -0.4 is 4.74 Å². The summed E-state index contributed by atoms with van der Waals surface area (Å²) < 4.78 is 7.29. The van der Waals surface area contributed by atoms with Crippen LogP contribution in [0.4, 0.5) is 0 Å². The molecule has 0 spiro atoms. The van der Waals surface area contributed by atoms with E-state index in [4.69, 9.17) is 4.74 Å². The summed E-state index contributed by atoms with van der Waals surface area (Å²) >= 11 is 0. The van der Waals surface area contributed by atoms with Gasteiger partial charge in [0.2, 0.25) is 0 Å². The van der Waals surface area contributed by atoms with Crippen LogP contribution in [-0.2, 0) is 0 Å². The van der Waals surface area contributed by atoms with Crippen molar-refractivity contribution in [1.82, 2.24) is 24.3 Å². The van der Waals surface area contributed by atoms with Crippen LogP contribution in [0.3, 0.4) is 0 Å². The standard InChI is InChI=1S/C22H23N5O3/c1-30-18-4-2-3-15(11-18)21(28)25-7-9-26(10-8-25)22(29)16-12-19-20(23-13-16)27(14-24-19)17-5-6-17/h2-4,11-14,17H,5-10H2,1H3. The van der Waals surface area contributed by atoms with E-state index in [2.05, 4.69) is 14.5 Å². The molecule has 2 amide bonds. The number of piperazine rings is 1. The minimum absolute atomic E-state index is 0.0466. The molecule has 154 valence electrons. The average Bonchev–Trinajstić information content (AvgIpc) is 3.56. The fraction of sp³-hybridized carbons (Fsp3) is 0.364. The highest BCUT2D eigenvalue weighted by Crippen LogP contribution is 2.36. The van der Waals surface area contributed by atoms with E-state index in [0.717, 1.165) is 24.0 Å². The molecule has 1 aromatic carbocycles. The lowest BCUT2D eigenvalue weighted by Crippen LogP contribution is -2.50. The summed E-state index contributed by atoms with van der Waals surface area (Å²) in [6.07, 6.45) is 5.77. The van der Waals surface area contributed by atoms with E-state index in [1.165, 1.54) is 0 Å². The van der Waals surface area contributed by atoms with Crippen molar-refractivity contribution in [1.29, 1.82) is 0 Å². The summed E-state index contributed by atoms with van der Waals surface area (Å²) in [6.45, 7) is 1.97. The van der Waals surface area contributed by atoms with Crippen LogP contribution in [0.5, 0.6) is 5.75 Å². The molecular formula is C22H23N5O3. The van der Waals surface area contributed by atoms with Gasteiger partial charge in [0.1, 0.15) is 11.3 Å². The lowest BCUT2D eigenvalue weighted by Gasteiger charge is -2.34. The van der Waals surface area contributed by atoms with E-state index >= 15 is 0 Å². The lowest BCUT2D eigenvalue weighted by atomic mass is 10.1. The first-order chi connectivity index (χ1) is 14.6. The summed E-state index contributed by atoms with van der Waals surface area (Å²) in [6, 6.07) is 9.45. The number of hydrogen-bond acceptors (Lipinski definition) is 5. The minimum Gasteiger partial charge on any atom is -0.497 e. The molecular weight excluding hydrogens is 382 g/mol. The van der Waals surface area contributed by atoms with Gasteiger partial charge in [-0.1, -0.05) is 6.07 Å². The smallest absolute Gasteiger partial charge is 0.255 e. The largest absolute Gasteiger partial charge is 0.497 e. The van der Waals surface area contributed by atoms with Crippen molar-refractivity contribution >= 4 is 23.0 Å². The molecule has 8 heteroatoms. The average molecular weight is 405 g/mol. The predicted octanol–water partition coefficient (Wildman–Crippen LogP) is 2.37. The van der Waals surface area contributed by atoms with Crippen LogP contribution in [0.25, 0.3) is 11.2 Å². The summed E-state index contributed by atoms with van der Waals surface area (Å²) in [7, 11) is 1.58. The maximum absolute atomic E-state index is 13.0. The molecule has 2 aromatic heterocycles. The Balaban J connectivity index is 1.25. The van der Waals surface area contributed by atoms with Crippen molar-refractivity contribution in [3.63, 3.8) is 0 Å². The van der Waals surface area contributed by atoms with Crippen LogP contribution in [0.2, 0.25) is 0 Å². The topological polar surface area (TPSA) is 80.6 Å². The van der Waals surface area contributed by atoms with Crippen molar-refractivity contribution in [3.05, 3.63) is 54.0 Å². The number of nitrogens with zero attached hydrogens (tertiary/aromatic N) is 5. The van der Waals surface area contributed by atoms with E-state index in [1.54, 1.807) is 41.3 Å². The van der Waals surface area contributed by atoms with Crippen molar-refractivity contribution < 1.29 is 14.3 Å². The second-order valence-electron chi connectivity index (χ2n) is 7.77. The molecule has 0 atom stereocenters. The Hall–Kier alpha value is -3.42. The number of fused-ring (bicyclic) bond motifs is 1. The van der Waals surface area contributed by atoms with E-state index < -0.39 is 0 Å². The molecule has 30 heavy (non-hydrogen) atoms. The molecule has 0 unspecified atom stereocenters. The molecule has 8 nitrogen and oxygen atoms in total. The molecule has 0 N–H and O–H groups in total. The number of benzene rings is 1. The fourth-order valence-electron chi connectivity index (χ4n) is 3.89. The first-order valence-electron chi connectivity index (χ1n) is 10.2. The molecule has 2 aliphatic rings. The number of amides is 2. The third kappa shape index (κ3) is 3.38. The Bertz CT molecular complexity index is 1110. The maximum atomic E-state index is 13.0. The quantitative estimate of drug-likeness (QED) is 0.666. The Morgan fingerprint density at radius 1 is 0.967 bits per heavy atom. The summed E-state index contributed by atoms with van der Waals surface area (Å²) in [5.41, 5.74) is 2.72. The van der Waals surface area contributed by atoms with Gasteiger partial charge in [-0.05, 0) is 37.1 Å². The fourth-order valence-corrected chi connectivity index (χ4v) is 3.89. The van der Waals surface area contributed by atoms with Crippen LogP contribution in [-0.4, -0.2) is 69.4 Å². The molecule has 0 bridgehead atoms. The van der Waals surface area contributed by atoms with Crippen LogP contribution >= 0.6 is 0 Å². The van der Waals surface area contributed by atoms with Gasteiger partial charge in [0.05, 0.1) is 19.0 Å². The number of ether oxygens (including phenoxy) is 1. The Kier molecular flexibility index (Phi) is 4.61. The Morgan fingerprint density at radius 2 is 1.67 bits per heavy atom. The number of hydrogen-bond donors (Lipinski definition) is 0. The Labute approximate surface area is 174 Å². The molecule has 0 radical (unpaired) electrons. The molecule has 2 fully saturated rings. The minimum atomic E-state index is -0.0705. The van der Waals surface area contributed by atoms with E-state index in [9.17, 15) is 9.59 Å². The molecule has 1 aliphatic carbocycles. The van der Waals surface area contributed by atoms with E-state index in [0.29, 0.717) is 49.1 Å². The highest BCUT2D eigenvalue weighted by atomic mass is 16.5. The molecule has 1 aliphatic heterocycles. The molecule has 3 heterocycles. The normalized spacial score (nSPS) is 16.7.